The molecule has 1 amide bonds. The Morgan fingerprint density at radius 2 is 1.96 bits per heavy atom. The van der Waals surface area contributed by atoms with Crippen LogP contribution < -0.4 is 5.32 Å². The molecule has 4 bridgehead atoms. The van der Waals surface area contributed by atoms with Gasteiger partial charge in [0.15, 0.2) is 0 Å². The Labute approximate surface area is 139 Å². The largest absolute Gasteiger partial charge is 0.469 e. The molecule has 4 saturated carbocycles. The topological polar surface area (TPSA) is 81.2 Å². The maximum Gasteiger partial charge on any atom is 0.311 e. The number of ether oxygens (including phenoxy) is 1. The predicted octanol–water partition coefficient (Wildman–Crippen LogP) is 2.09. The molecule has 1 heterocycles. The van der Waals surface area contributed by atoms with Crippen molar-refractivity contribution in [3.8, 4) is 0 Å². The van der Waals surface area contributed by atoms with Crippen molar-refractivity contribution in [2.45, 2.75) is 51.0 Å². The van der Waals surface area contributed by atoms with Crippen molar-refractivity contribution >= 4 is 23.4 Å². The van der Waals surface area contributed by atoms with Gasteiger partial charge in [-0.15, -0.1) is 5.10 Å². The number of aromatic nitrogens is 2. The first kappa shape index (κ1) is 15.1. The Morgan fingerprint density at radius 1 is 1.26 bits per heavy atom. The van der Waals surface area contributed by atoms with Crippen molar-refractivity contribution in [2.75, 3.05) is 7.11 Å². The standard InChI is InChI=1S/C16H21N3O3S/c1-9-12(23-19-18-9)13(20)17-16-6-10-3-11(7-16)5-15(4-10,8-16)14(21)22-2/h10-11H,3-8H2,1-2H3,(H,17,20). The van der Waals surface area contributed by atoms with Gasteiger partial charge in [-0.2, -0.15) is 0 Å². The van der Waals surface area contributed by atoms with E-state index in [4.69, 9.17) is 4.74 Å². The van der Waals surface area contributed by atoms with Crippen molar-refractivity contribution in [2.24, 2.45) is 17.3 Å². The zero-order valence-electron chi connectivity index (χ0n) is 13.4. The summed E-state index contributed by atoms with van der Waals surface area (Å²) in [5.74, 6) is 0.827. The molecule has 5 rings (SSSR count). The molecule has 4 aliphatic rings. The maximum absolute atomic E-state index is 12.7. The maximum atomic E-state index is 12.7. The fourth-order valence-electron chi connectivity index (χ4n) is 5.60. The molecule has 124 valence electrons. The lowest BCUT2D eigenvalue weighted by Crippen LogP contribution is -2.64. The van der Waals surface area contributed by atoms with Crippen LogP contribution in [-0.2, 0) is 9.53 Å². The van der Waals surface area contributed by atoms with Gasteiger partial charge in [-0.25, -0.2) is 0 Å². The molecule has 4 fully saturated rings. The number of hydrogen-bond acceptors (Lipinski definition) is 6. The highest BCUT2D eigenvalue weighted by molar-refractivity contribution is 7.08. The van der Waals surface area contributed by atoms with Crippen LogP contribution in [0.3, 0.4) is 0 Å². The summed E-state index contributed by atoms with van der Waals surface area (Å²) in [4.78, 5) is 25.7. The van der Waals surface area contributed by atoms with E-state index < -0.39 is 5.41 Å². The third kappa shape index (κ3) is 2.28. The van der Waals surface area contributed by atoms with E-state index in [2.05, 4.69) is 14.9 Å². The fraction of sp³-hybridized carbons (Fsp3) is 0.750. The number of carbonyl (C=O) groups is 2. The van der Waals surface area contributed by atoms with Crippen LogP contribution in [-0.4, -0.2) is 34.1 Å². The molecule has 0 radical (unpaired) electrons. The van der Waals surface area contributed by atoms with Crippen molar-refractivity contribution < 1.29 is 14.3 Å². The van der Waals surface area contributed by atoms with Crippen LogP contribution in [0.25, 0.3) is 0 Å². The third-order valence-corrected chi connectivity index (χ3v) is 6.74. The van der Waals surface area contributed by atoms with E-state index in [1.54, 1.807) is 6.92 Å². The van der Waals surface area contributed by atoms with Crippen molar-refractivity contribution in [1.82, 2.24) is 14.9 Å². The summed E-state index contributed by atoms with van der Waals surface area (Å²) in [6.07, 6.45) is 5.65. The molecule has 23 heavy (non-hydrogen) atoms. The zero-order chi connectivity index (χ0) is 16.2. The summed E-state index contributed by atoms with van der Waals surface area (Å²) in [5.41, 5.74) is -0.00118. The minimum atomic E-state index is -0.396. The average molecular weight is 335 g/mol. The zero-order valence-corrected chi connectivity index (χ0v) is 14.2. The summed E-state index contributed by atoms with van der Waals surface area (Å²) >= 11 is 1.13. The first-order valence-corrected chi connectivity index (χ1v) is 8.93. The Hall–Kier alpha value is -1.50. The first-order valence-electron chi connectivity index (χ1n) is 8.15. The molecule has 2 unspecified atom stereocenters. The van der Waals surface area contributed by atoms with Crippen LogP contribution >= 0.6 is 11.5 Å². The van der Waals surface area contributed by atoms with Gasteiger partial charge in [-0.3, -0.25) is 9.59 Å². The van der Waals surface area contributed by atoms with Crippen LogP contribution in [0.4, 0.5) is 0 Å². The molecule has 7 heteroatoms. The number of rotatable bonds is 3. The Kier molecular flexibility index (Phi) is 3.27. The summed E-state index contributed by atoms with van der Waals surface area (Å²) < 4.78 is 8.96. The lowest BCUT2D eigenvalue weighted by Gasteiger charge is -2.60. The van der Waals surface area contributed by atoms with Crippen molar-refractivity contribution in [3.63, 3.8) is 0 Å². The number of nitrogens with zero attached hydrogens (tertiary/aromatic N) is 2. The van der Waals surface area contributed by atoms with Gasteiger partial charge in [0.1, 0.15) is 4.88 Å². The molecule has 1 N–H and O–H groups in total. The lowest BCUT2D eigenvalue weighted by molar-refractivity contribution is -0.171. The van der Waals surface area contributed by atoms with Gasteiger partial charge in [0, 0.05) is 5.54 Å². The number of nitrogens with one attached hydrogen (secondary N) is 1. The molecule has 0 spiro atoms. The van der Waals surface area contributed by atoms with Gasteiger partial charge in [-0.05, 0) is 68.8 Å². The Morgan fingerprint density at radius 3 is 2.52 bits per heavy atom. The summed E-state index contributed by atoms with van der Waals surface area (Å²) in [5, 5.41) is 7.18. The van der Waals surface area contributed by atoms with Gasteiger partial charge in [0.2, 0.25) is 0 Å². The predicted molar refractivity (Wildman–Crippen MR) is 84.0 cm³/mol. The van der Waals surface area contributed by atoms with Gasteiger partial charge in [0.25, 0.3) is 5.91 Å². The van der Waals surface area contributed by atoms with Crippen LogP contribution in [0.5, 0.6) is 0 Å². The number of carbonyl (C=O) groups excluding carboxylic acids is 2. The van der Waals surface area contributed by atoms with Crippen molar-refractivity contribution in [3.05, 3.63) is 10.6 Å². The molecule has 1 aromatic rings. The lowest BCUT2D eigenvalue weighted by atomic mass is 9.47. The second-order valence-corrected chi connectivity index (χ2v) is 8.41. The molecule has 0 aliphatic heterocycles. The molecular formula is C16H21N3O3S. The summed E-state index contributed by atoms with van der Waals surface area (Å²) in [6, 6.07) is 0. The number of amides is 1. The average Bonchev–Trinajstić information content (AvgIpc) is 2.90. The minimum Gasteiger partial charge on any atom is -0.469 e. The SMILES string of the molecule is COC(=O)C12CC3CC(CC(NC(=O)c4snnc4C)(C3)C1)C2. The van der Waals surface area contributed by atoms with Crippen LogP contribution in [0.1, 0.15) is 53.9 Å². The van der Waals surface area contributed by atoms with E-state index in [1.165, 1.54) is 13.5 Å². The Balaban J connectivity index is 1.62. The highest BCUT2D eigenvalue weighted by atomic mass is 32.1. The van der Waals surface area contributed by atoms with Crippen LogP contribution in [0.2, 0.25) is 0 Å². The van der Waals surface area contributed by atoms with Crippen LogP contribution in [0, 0.1) is 24.2 Å². The van der Waals surface area contributed by atoms with E-state index >= 15 is 0 Å². The molecule has 6 nitrogen and oxygen atoms in total. The summed E-state index contributed by atoms with van der Waals surface area (Å²) in [7, 11) is 1.47. The van der Waals surface area contributed by atoms with Gasteiger partial charge >= 0.3 is 5.97 Å². The summed E-state index contributed by atoms with van der Waals surface area (Å²) in [6.45, 7) is 1.80. The van der Waals surface area contributed by atoms with Crippen LogP contribution in [0.15, 0.2) is 0 Å². The number of methoxy groups -OCH3 is 1. The van der Waals surface area contributed by atoms with E-state index in [-0.39, 0.29) is 17.4 Å². The van der Waals surface area contributed by atoms with Gasteiger partial charge in [-0.1, -0.05) is 4.49 Å². The first-order chi connectivity index (χ1) is 11.0. The van der Waals surface area contributed by atoms with E-state index in [9.17, 15) is 9.59 Å². The number of hydrogen-bond donors (Lipinski definition) is 1. The van der Waals surface area contributed by atoms with Gasteiger partial charge in [0.05, 0.1) is 18.2 Å². The smallest absolute Gasteiger partial charge is 0.311 e. The third-order valence-electron chi connectivity index (χ3n) is 5.92. The van der Waals surface area contributed by atoms with E-state index in [0.29, 0.717) is 28.8 Å². The quantitative estimate of drug-likeness (QED) is 0.856. The normalized spacial score (nSPS) is 37.7. The highest BCUT2D eigenvalue weighted by Gasteiger charge is 2.61. The number of aryl methyl sites for hydroxylation is 1. The molecule has 4 aliphatic carbocycles. The second kappa shape index (κ2) is 5.00. The molecular weight excluding hydrogens is 314 g/mol. The van der Waals surface area contributed by atoms with Gasteiger partial charge < -0.3 is 10.1 Å². The molecule has 2 atom stereocenters. The molecule has 1 aromatic heterocycles. The number of esters is 1. The highest BCUT2D eigenvalue weighted by Crippen LogP contribution is 2.62. The van der Waals surface area contributed by atoms with Crippen molar-refractivity contribution in [1.29, 1.82) is 0 Å². The second-order valence-electron chi connectivity index (χ2n) is 7.65. The Bertz CT molecular complexity index is 657. The molecule has 0 aromatic carbocycles. The molecule has 0 saturated heterocycles. The fourth-order valence-corrected chi connectivity index (χ4v) is 6.15. The van der Waals surface area contributed by atoms with E-state index in [0.717, 1.165) is 37.2 Å². The minimum absolute atomic E-state index is 0.0964. The monoisotopic (exact) mass is 335 g/mol. The van der Waals surface area contributed by atoms with E-state index in [1.807, 2.05) is 0 Å².